The number of nitrogens with one attached hydrogen (secondary N) is 1. The smallest absolute Gasteiger partial charge is 0.278 e. The summed E-state index contributed by atoms with van der Waals surface area (Å²) in [6.45, 7) is 2.81. The number of hydrogen-bond acceptors (Lipinski definition) is 5. The molecule has 3 heterocycles. The van der Waals surface area contributed by atoms with Crippen molar-refractivity contribution in [1.29, 1.82) is 0 Å². The molecule has 4 rings (SSSR count). The second-order valence-electron chi connectivity index (χ2n) is 8.28. The van der Waals surface area contributed by atoms with Crippen LogP contribution in [-0.4, -0.2) is 51.9 Å². The van der Waals surface area contributed by atoms with Crippen molar-refractivity contribution >= 4 is 11.8 Å². The van der Waals surface area contributed by atoms with Gasteiger partial charge in [-0.1, -0.05) is 12.1 Å². The van der Waals surface area contributed by atoms with E-state index in [0.717, 1.165) is 5.56 Å². The number of carbonyl (C=O) groups excluding carboxylic acids is 2. The molecule has 2 atom stereocenters. The molecule has 0 saturated carbocycles. The summed E-state index contributed by atoms with van der Waals surface area (Å²) in [5.74, 6) is -2.83. The van der Waals surface area contributed by atoms with Gasteiger partial charge in [0.05, 0.1) is 6.04 Å². The fourth-order valence-corrected chi connectivity index (χ4v) is 4.18. The molecule has 0 radical (unpaired) electrons. The molecule has 2 aliphatic heterocycles. The van der Waals surface area contributed by atoms with Gasteiger partial charge in [-0.15, -0.1) is 0 Å². The zero-order valence-corrected chi connectivity index (χ0v) is 17.8. The van der Waals surface area contributed by atoms with Gasteiger partial charge in [0.1, 0.15) is 24.7 Å². The first-order valence-electron chi connectivity index (χ1n) is 10.4. The number of carbonyl (C=O) groups is 2. The first kappa shape index (κ1) is 21.8. The Bertz CT molecular complexity index is 1150. The zero-order valence-electron chi connectivity index (χ0n) is 17.8. The van der Waals surface area contributed by atoms with E-state index >= 15 is 0 Å². The lowest BCUT2D eigenvalue weighted by Gasteiger charge is -2.41. The van der Waals surface area contributed by atoms with Crippen molar-refractivity contribution < 1.29 is 23.5 Å². The number of benzene rings is 1. The van der Waals surface area contributed by atoms with Gasteiger partial charge in [-0.25, -0.2) is 8.78 Å². The summed E-state index contributed by atoms with van der Waals surface area (Å²) in [6.07, 6.45) is 2.23. The molecule has 1 aromatic heterocycles. The van der Waals surface area contributed by atoms with Gasteiger partial charge in [-0.05, 0) is 38.3 Å². The van der Waals surface area contributed by atoms with E-state index < -0.39 is 41.5 Å². The number of fused-ring (bicyclic) bond motifs is 4. The molecule has 2 N–H and O–H groups in total. The van der Waals surface area contributed by atoms with Crippen molar-refractivity contribution in [3.05, 3.63) is 62.8 Å². The van der Waals surface area contributed by atoms with E-state index in [1.165, 1.54) is 27.9 Å². The van der Waals surface area contributed by atoms with Crippen LogP contribution in [0.5, 0.6) is 5.75 Å². The normalized spacial score (nSPS) is 20.1. The monoisotopic (exact) mass is 446 g/mol. The van der Waals surface area contributed by atoms with E-state index in [1.807, 2.05) is 6.92 Å². The second kappa shape index (κ2) is 8.25. The Morgan fingerprint density at radius 1 is 1.28 bits per heavy atom. The van der Waals surface area contributed by atoms with Crippen LogP contribution in [0.3, 0.4) is 0 Å². The van der Waals surface area contributed by atoms with Crippen LogP contribution in [-0.2, 0) is 6.54 Å². The van der Waals surface area contributed by atoms with Crippen LogP contribution in [0.25, 0.3) is 0 Å². The van der Waals surface area contributed by atoms with E-state index in [0.29, 0.717) is 12.8 Å². The predicted molar refractivity (Wildman–Crippen MR) is 112 cm³/mol. The number of aryl methyl sites for hydroxylation is 1. The molecule has 8 nitrogen and oxygen atoms in total. The highest BCUT2D eigenvalue weighted by atomic mass is 19.1. The standard InChI is InChI=1S/C22H24F2N4O4/c1-12-3-5-14(17(24)7-12)9-25-21(31)16-10-27-18(20(30)19(16)29)22(32)26-11-28(27)13(2)4-6-15(26)8-23/h3,5,7,10,13,15,30H,4,6,8-9,11H2,1-2H3,(H,25,31)/t13-,15-/m1/s1. The maximum atomic E-state index is 14.1. The molecule has 1 fully saturated rings. The summed E-state index contributed by atoms with van der Waals surface area (Å²) in [7, 11) is 0. The van der Waals surface area contributed by atoms with Gasteiger partial charge in [0.25, 0.3) is 11.8 Å². The molecule has 1 aromatic carbocycles. The van der Waals surface area contributed by atoms with Gasteiger partial charge in [0, 0.05) is 24.3 Å². The Balaban J connectivity index is 1.69. The van der Waals surface area contributed by atoms with E-state index in [1.54, 1.807) is 18.0 Å². The third kappa shape index (κ3) is 3.59. The van der Waals surface area contributed by atoms with Gasteiger partial charge in [-0.3, -0.25) is 24.1 Å². The van der Waals surface area contributed by atoms with Gasteiger partial charge in [0.15, 0.2) is 11.4 Å². The summed E-state index contributed by atoms with van der Waals surface area (Å²) in [5, 5.41) is 14.8. The maximum absolute atomic E-state index is 14.1. The summed E-state index contributed by atoms with van der Waals surface area (Å²) >= 11 is 0. The molecule has 0 aliphatic carbocycles. The Hall–Kier alpha value is -3.43. The summed E-state index contributed by atoms with van der Waals surface area (Å²) in [4.78, 5) is 39.7. The number of amides is 2. The van der Waals surface area contributed by atoms with Gasteiger partial charge in [0.2, 0.25) is 5.43 Å². The Kier molecular flexibility index (Phi) is 5.62. The molecule has 10 heteroatoms. The lowest BCUT2D eigenvalue weighted by molar-refractivity contribution is 0.0581. The van der Waals surface area contributed by atoms with E-state index in [9.17, 15) is 28.3 Å². The van der Waals surface area contributed by atoms with Crippen LogP contribution < -0.4 is 15.8 Å². The molecule has 0 spiro atoms. The van der Waals surface area contributed by atoms with Crippen molar-refractivity contribution in [1.82, 2.24) is 14.9 Å². The number of hydrogen-bond donors (Lipinski definition) is 2. The molecule has 2 bridgehead atoms. The highest BCUT2D eigenvalue weighted by Gasteiger charge is 2.41. The average Bonchev–Trinajstić information content (AvgIpc) is 2.90. The highest BCUT2D eigenvalue weighted by molar-refractivity contribution is 5.99. The number of alkyl halides is 1. The Labute approximate surface area is 183 Å². The summed E-state index contributed by atoms with van der Waals surface area (Å²) < 4.78 is 28.9. The maximum Gasteiger partial charge on any atom is 0.278 e. The number of nitrogens with zero attached hydrogens (tertiary/aromatic N) is 3. The minimum absolute atomic E-state index is 0.0690. The van der Waals surface area contributed by atoms with Crippen LogP contribution in [0, 0.1) is 12.7 Å². The number of aromatic nitrogens is 1. The lowest BCUT2D eigenvalue weighted by atomic mass is 10.1. The minimum atomic E-state index is -1.02. The molecule has 2 aromatic rings. The van der Waals surface area contributed by atoms with Crippen molar-refractivity contribution in [3.63, 3.8) is 0 Å². The largest absolute Gasteiger partial charge is 0.502 e. The molecule has 170 valence electrons. The number of aromatic hydroxyl groups is 1. The zero-order chi connectivity index (χ0) is 23.2. The van der Waals surface area contributed by atoms with Gasteiger partial charge < -0.3 is 15.3 Å². The Morgan fingerprint density at radius 3 is 2.72 bits per heavy atom. The highest BCUT2D eigenvalue weighted by Crippen LogP contribution is 2.29. The van der Waals surface area contributed by atoms with Gasteiger partial charge in [-0.2, -0.15) is 0 Å². The van der Waals surface area contributed by atoms with Crippen LogP contribution >= 0.6 is 0 Å². The number of rotatable bonds is 4. The summed E-state index contributed by atoms with van der Waals surface area (Å²) in [5.41, 5.74) is -0.712. The number of halogens is 2. The molecule has 32 heavy (non-hydrogen) atoms. The van der Waals surface area contributed by atoms with Crippen molar-refractivity contribution in [2.45, 2.75) is 45.3 Å². The third-order valence-electron chi connectivity index (χ3n) is 6.14. The van der Waals surface area contributed by atoms with Crippen molar-refractivity contribution in [2.75, 3.05) is 18.4 Å². The van der Waals surface area contributed by atoms with Gasteiger partial charge >= 0.3 is 0 Å². The van der Waals surface area contributed by atoms with E-state index in [4.69, 9.17) is 0 Å². The fourth-order valence-electron chi connectivity index (χ4n) is 4.18. The number of pyridine rings is 1. The van der Waals surface area contributed by atoms with Crippen LogP contribution in [0.4, 0.5) is 8.78 Å². The molecule has 1 saturated heterocycles. The fraction of sp³-hybridized carbons (Fsp3) is 0.409. The first-order chi connectivity index (χ1) is 15.2. The Morgan fingerprint density at radius 2 is 2.03 bits per heavy atom. The lowest BCUT2D eigenvalue weighted by Crippen LogP contribution is -2.58. The topological polar surface area (TPSA) is 94.9 Å². The quantitative estimate of drug-likeness (QED) is 0.747. The van der Waals surface area contributed by atoms with Crippen molar-refractivity contribution in [2.24, 2.45) is 0 Å². The molecular weight excluding hydrogens is 422 g/mol. The average molecular weight is 446 g/mol. The van der Waals surface area contributed by atoms with E-state index in [-0.39, 0.29) is 36.1 Å². The van der Waals surface area contributed by atoms with Crippen LogP contribution in [0.1, 0.15) is 51.7 Å². The SMILES string of the molecule is Cc1ccc(CNC(=O)c2cn3c(c(O)c2=O)C(=O)N2CN3[C@H](C)CC[C@@H]2CF)c(F)c1. The van der Waals surface area contributed by atoms with Crippen molar-refractivity contribution in [3.8, 4) is 5.75 Å². The summed E-state index contributed by atoms with van der Waals surface area (Å²) in [6, 6.07) is 3.79. The molecule has 0 unspecified atom stereocenters. The molecule has 2 amide bonds. The molecular formula is C22H24F2N4O4. The minimum Gasteiger partial charge on any atom is -0.502 e. The van der Waals surface area contributed by atoms with E-state index in [2.05, 4.69) is 5.32 Å². The van der Waals surface area contributed by atoms with Crippen LogP contribution in [0.15, 0.2) is 29.2 Å². The first-order valence-corrected chi connectivity index (χ1v) is 10.4. The van der Waals surface area contributed by atoms with Crippen LogP contribution in [0.2, 0.25) is 0 Å². The predicted octanol–water partition coefficient (Wildman–Crippen LogP) is 1.80. The second-order valence-corrected chi connectivity index (χ2v) is 8.28. The molecule has 2 aliphatic rings. The third-order valence-corrected chi connectivity index (χ3v) is 6.14.